The first kappa shape index (κ1) is 16.3. The van der Waals surface area contributed by atoms with E-state index in [2.05, 4.69) is 45.7 Å². The third-order valence-corrected chi connectivity index (χ3v) is 7.35. The second-order valence-corrected chi connectivity index (χ2v) is 8.68. The third-order valence-electron chi connectivity index (χ3n) is 5.38. The van der Waals surface area contributed by atoms with Crippen LogP contribution in [0, 0.1) is 0 Å². The molecule has 2 atom stereocenters. The van der Waals surface area contributed by atoms with E-state index in [0.29, 0.717) is 18.5 Å². The summed E-state index contributed by atoms with van der Waals surface area (Å²) in [6.07, 6.45) is 4.40. The van der Waals surface area contributed by atoms with Gasteiger partial charge in [0.25, 0.3) is 0 Å². The highest BCUT2D eigenvalue weighted by atomic mass is 32.1. The number of hydrogen-bond acceptors (Lipinski definition) is 4. The summed E-state index contributed by atoms with van der Waals surface area (Å²) >= 11 is 3.66. The van der Waals surface area contributed by atoms with E-state index in [0.717, 1.165) is 25.9 Å². The summed E-state index contributed by atoms with van der Waals surface area (Å²) in [4.78, 5) is 20.5. The van der Waals surface area contributed by atoms with Crippen LogP contribution >= 0.6 is 22.7 Å². The maximum Gasteiger partial charge on any atom is 0.237 e. The van der Waals surface area contributed by atoms with Crippen LogP contribution in [0.1, 0.15) is 53.6 Å². The number of carbonyl (C=O) groups excluding carboxylic acids is 1. The van der Waals surface area contributed by atoms with E-state index in [9.17, 15) is 4.79 Å². The predicted molar refractivity (Wildman–Crippen MR) is 101 cm³/mol. The minimum absolute atomic E-state index is 0.273. The molecular weight excluding hydrogens is 336 g/mol. The van der Waals surface area contributed by atoms with E-state index in [1.807, 2.05) is 22.7 Å². The lowest BCUT2D eigenvalue weighted by Crippen LogP contribution is -2.44. The molecule has 0 radical (unpaired) electrons. The maximum atomic E-state index is 13.1. The van der Waals surface area contributed by atoms with Gasteiger partial charge in [-0.05, 0) is 60.7 Å². The molecule has 1 amide bonds. The molecule has 0 saturated carbocycles. The normalized spacial score (nSPS) is 24.3. The minimum atomic E-state index is 0.273. The van der Waals surface area contributed by atoms with Gasteiger partial charge < -0.3 is 4.90 Å². The van der Waals surface area contributed by atoms with Gasteiger partial charge in [-0.1, -0.05) is 13.0 Å². The summed E-state index contributed by atoms with van der Waals surface area (Å²) in [5.74, 6) is 0.308. The number of thiophene rings is 2. The van der Waals surface area contributed by atoms with E-state index in [4.69, 9.17) is 0 Å². The number of rotatable bonds is 4. The van der Waals surface area contributed by atoms with Crippen molar-refractivity contribution in [3.8, 4) is 0 Å². The molecule has 2 aromatic heterocycles. The predicted octanol–water partition coefficient (Wildman–Crippen LogP) is 4.48. The van der Waals surface area contributed by atoms with Gasteiger partial charge in [0.05, 0.1) is 12.6 Å². The first-order valence-corrected chi connectivity index (χ1v) is 10.7. The van der Waals surface area contributed by atoms with Crippen LogP contribution in [0.5, 0.6) is 0 Å². The molecule has 2 aliphatic rings. The Bertz CT molecular complexity index is 694. The smallest absolute Gasteiger partial charge is 0.237 e. The zero-order valence-electron chi connectivity index (χ0n) is 14.1. The number of likely N-dealkylation sites (tertiary alicyclic amines) is 1. The quantitative estimate of drug-likeness (QED) is 0.802. The zero-order chi connectivity index (χ0) is 16.5. The summed E-state index contributed by atoms with van der Waals surface area (Å²) < 4.78 is 0. The fourth-order valence-corrected chi connectivity index (χ4v) is 6.04. The van der Waals surface area contributed by atoms with Gasteiger partial charge in [0, 0.05) is 22.3 Å². The van der Waals surface area contributed by atoms with Crippen molar-refractivity contribution in [2.45, 2.75) is 44.7 Å². The number of nitrogens with zero attached hydrogens (tertiary/aromatic N) is 2. The lowest BCUT2D eigenvalue weighted by atomic mass is 9.97. The molecule has 2 unspecified atom stereocenters. The van der Waals surface area contributed by atoms with Crippen LogP contribution in [0.15, 0.2) is 29.0 Å². The average molecular weight is 361 g/mol. The Morgan fingerprint density at radius 2 is 2.17 bits per heavy atom. The molecule has 0 aliphatic carbocycles. The monoisotopic (exact) mass is 360 g/mol. The van der Waals surface area contributed by atoms with Crippen molar-refractivity contribution in [3.05, 3.63) is 44.3 Å². The molecule has 0 spiro atoms. The van der Waals surface area contributed by atoms with Crippen molar-refractivity contribution in [1.29, 1.82) is 0 Å². The summed E-state index contributed by atoms with van der Waals surface area (Å²) in [5.41, 5.74) is 1.39. The Hall–Kier alpha value is -1.17. The van der Waals surface area contributed by atoms with E-state index >= 15 is 0 Å². The van der Waals surface area contributed by atoms with Crippen molar-refractivity contribution in [3.63, 3.8) is 0 Å². The van der Waals surface area contributed by atoms with E-state index in [-0.39, 0.29) is 6.04 Å². The molecule has 2 aliphatic heterocycles. The van der Waals surface area contributed by atoms with E-state index in [1.165, 1.54) is 28.2 Å². The highest BCUT2D eigenvalue weighted by Crippen LogP contribution is 2.37. The summed E-state index contributed by atoms with van der Waals surface area (Å²) in [6.45, 7) is 4.69. The van der Waals surface area contributed by atoms with Gasteiger partial charge in [0.1, 0.15) is 0 Å². The molecule has 3 nitrogen and oxygen atoms in total. The Morgan fingerprint density at radius 3 is 2.96 bits per heavy atom. The standard InChI is InChI=1S/C19H24N2OS2/c1-2-15-14-8-12-24-17(14)7-10-21(15)19(22)13-20-9-3-5-16(20)18-6-4-11-23-18/h4,6,8,11-12,15-16H,2-3,5,7,9-10,13H2,1H3. The molecule has 24 heavy (non-hydrogen) atoms. The van der Waals surface area contributed by atoms with Crippen molar-refractivity contribution < 1.29 is 4.79 Å². The SMILES string of the molecule is CCC1c2ccsc2CCN1C(=O)CN1CCCC1c1cccs1. The molecule has 5 heteroatoms. The van der Waals surface area contributed by atoms with Crippen LogP contribution < -0.4 is 0 Å². The van der Waals surface area contributed by atoms with Gasteiger partial charge in [0.15, 0.2) is 0 Å². The van der Waals surface area contributed by atoms with Crippen molar-refractivity contribution >= 4 is 28.6 Å². The Morgan fingerprint density at radius 1 is 1.25 bits per heavy atom. The number of hydrogen-bond donors (Lipinski definition) is 0. The van der Waals surface area contributed by atoms with Crippen LogP contribution in [-0.2, 0) is 11.2 Å². The molecule has 0 bridgehead atoms. The Balaban J connectivity index is 1.48. The maximum absolute atomic E-state index is 13.1. The van der Waals surface area contributed by atoms with Gasteiger partial charge in [0.2, 0.25) is 5.91 Å². The average Bonchev–Trinajstić information content (AvgIpc) is 3.33. The molecule has 128 valence electrons. The minimum Gasteiger partial charge on any atom is -0.334 e. The highest BCUT2D eigenvalue weighted by molar-refractivity contribution is 7.10. The first-order valence-electron chi connectivity index (χ1n) is 8.91. The van der Waals surface area contributed by atoms with Gasteiger partial charge in [-0.3, -0.25) is 9.69 Å². The van der Waals surface area contributed by atoms with Crippen LogP contribution in [0.3, 0.4) is 0 Å². The van der Waals surface area contributed by atoms with Gasteiger partial charge in [-0.2, -0.15) is 0 Å². The fourth-order valence-electron chi connectivity index (χ4n) is 4.22. The van der Waals surface area contributed by atoms with Crippen LogP contribution in [-0.4, -0.2) is 35.3 Å². The summed E-state index contributed by atoms with van der Waals surface area (Å²) in [7, 11) is 0. The second-order valence-electron chi connectivity index (χ2n) is 6.70. The van der Waals surface area contributed by atoms with Gasteiger partial charge >= 0.3 is 0 Å². The van der Waals surface area contributed by atoms with Crippen LogP contribution in [0.2, 0.25) is 0 Å². The zero-order valence-corrected chi connectivity index (χ0v) is 15.7. The van der Waals surface area contributed by atoms with Crippen molar-refractivity contribution in [2.75, 3.05) is 19.6 Å². The van der Waals surface area contributed by atoms with Crippen LogP contribution in [0.4, 0.5) is 0 Å². The molecule has 4 rings (SSSR count). The highest BCUT2D eigenvalue weighted by Gasteiger charge is 2.34. The molecule has 0 aromatic carbocycles. The lowest BCUT2D eigenvalue weighted by molar-refractivity contribution is -0.135. The molecule has 1 fully saturated rings. The number of amides is 1. The molecule has 4 heterocycles. The topological polar surface area (TPSA) is 23.6 Å². The summed E-state index contributed by atoms with van der Waals surface area (Å²) in [6, 6.07) is 7.27. The largest absolute Gasteiger partial charge is 0.334 e. The van der Waals surface area contributed by atoms with Crippen LogP contribution in [0.25, 0.3) is 0 Å². The van der Waals surface area contributed by atoms with Crippen molar-refractivity contribution in [1.82, 2.24) is 9.80 Å². The third kappa shape index (κ3) is 2.93. The molecule has 2 aromatic rings. The second kappa shape index (κ2) is 6.98. The number of fused-ring (bicyclic) bond motifs is 1. The molecule has 1 saturated heterocycles. The van der Waals surface area contributed by atoms with E-state index in [1.54, 1.807) is 0 Å². The van der Waals surface area contributed by atoms with Gasteiger partial charge in [-0.25, -0.2) is 0 Å². The molecule has 0 N–H and O–H groups in total. The Labute approximate surface area is 151 Å². The summed E-state index contributed by atoms with van der Waals surface area (Å²) in [5, 5.41) is 4.32. The Kier molecular flexibility index (Phi) is 4.74. The first-order chi connectivity index (χ1) is 11.8. The van der Waals surface area contributed by atoms with Crippen molar-refractivity contribution in [2.24, 2.45) is 0 Å². The van der Waals surface area contributed by atoms with Gasteiger partial charge in [-0.15, -0.1) is 22.7 Å². The van der Waals surface area contributed by atoms with E-state index < -0.39 is 0 Å². The lowest BCUT2D eigenvalue weighted by Gasteiger charge is -2.37. The fraction of sp³-hybridized carbons (Fsp3) is 0.526. The number of carbonyl (C=O) groups is 1. The molecular formula is C19H24N2OS2.